The van der Waals surface area contributed by atoms with Crippen LogP contribution in [0.25, 0.3) is 0 Å². The summed E-state index contributed by atoms with van der Waals surface area (Å²) >= 11 is 0. The van der Waals surface area contributed by atoms with Gasteiger partial charge in [0, 0.05) is 28.3 Å². The van der Waals surface area contributed by atoms with Crippen LogP contribution in [0.15, 0.2) is 24.3 Å². The molecule has 1 rings (SSSR count). The zero-order valence-corrected chi connectivity index (χ0v) is 13.0. The highest BCUT2D eigenvalue weighted by atomic mass is 32.2. The first-order chi connectivity index (χ1) is 9.21. The molecule has 1 N–H and O–H groups in total. The molecule has 1 aromatic rings. The first-order valence-electron chi connectivity index (χ1n) is 6.96. The summed E-state index contributed by atoms with van der Waals surface area (Å²) in [6.07, 6.45) is 1.98. The summed E-state index contributed by atoms with van der Waals surface area (Å²) in [5.74, 6) is 2.34. The van der Waals surface area contributed by atoms with Gasteiger partial charge in [-0.05, 0) is 37.6 Å². The Morgan fingerprint density at radius 2 is 1.89 bits per heavy atom. The van der Waals surface area contributed by atoms with Gasteiger partial charge in [0.2, 0.25) is 0 Å². The number of rotatable bonds is 9. The van der Waals surface area contributed by atoms with E-state index in [0.29, 0.717) is 5.75 Å². The Labute approximate surface area is 119 Å². The van der Waals surface area contributed by atoms with E-state index in [-0.39, 0.29) is 6.04 Å². The molecule has 19 heavy (non-hydrogen) atoms. The average molecular weight is 283 g/mol. The minimum absolute atomic E-state index is 0.146. The van der Waals surface area contributed by atoms with Crippen LogP contribution in [0.5, 0.6) is 5.75 Å². The number of hydrogen-bond donors (Lipinski definition) is 1. The van der Waals surface area contributed by atoms with Crippen LogP contribution >= 0.6 is 0 Å². The molecule has 0 saturated carbocycles. The third-order valence-corrected chi connectivity index (χ3v) is 4.46. The van der Waals surface area contributed by atoms with Crippen LogP contribution in [-0.2, 0) is 10.8 Å². The maximum absolute atomic E-state index is 11.8. The molecule has 0 fully saturated rings. The molecule has 0 saturated heterocycles. The van der Waals surface area contributed by atoms with Crippen molar-refractivity contribution in [2.45, 2.75) is 32.7 Å². The van der Waals surface area contributed by atoms with Gasteiger partial charge >= 0.3 is 0 Å². The van der Waals surface area contributed by atoms with Gasteiger partial charge in [0.25, 0.3) is 0 Å². The molecular formula is C15H25NO2S. The quantitative estimate of drug-likeness (QED) is 0.757. The molecule has 3 nitrogen and oxygen atoms in total. The van der Waals surface area contributed by atoms with E-state index in [2.05, 4.69) is 31.3 Å². The van der Waals surface area contributed by atoms with Crippen LogP contribution < -0.4 is 10.1 Å². The Bertz CT molecular complexity index is 378. The Kier molecular flexibility index (Phi) is 7.75. The standard InChI is InChI=1S/C15H25NO2S/c1-4-10-18-14-8-6-13(7-9-14)15(16-3)12-19(17)11-5-2/h6-9,15-16H,4-5,10-12H2,1-3H3. The van der Waals surface area contributed by atoms with Crippen LogP contribution in [-0.4, -0.2) is 29.4 Å². The molecule has 0 aliphatic rings. The second-order valence-corrected chi connectivity index (χ2v) is 6.19. The molecule has 0 aliphatic carbocycles. The summed E-state index contributed by atoms with van der Waals surface area (Å²) in [5, 5.41) is 3.24. The van der Waals surface area contributed by atoms with E-state index in [1.807, 2.05) is 19.2 Å². The SMILES string of the molecule is CCCOc1ccc(C(CS(=O)CCC)NC)cc1. The van der Waals surface area contributed by atoms with Gasteiger partial charge in [-0.15, -0.1) is 0 Å². The van der Waals surface area contributed by atoms with Crippen LogP contribution in [0, 0.1) is 0 Å². The predicted molar refractivity (Wildman–Crippen MR) is 82.2 cm³/mol. The Hall–Kier alpha value is -0.870. The van der Waals surface area contributed by atoms with Crippen LogP contribution in [0.2, 0.25) is 0 Å². The van der Waals surface area contributed by atoms with Gasteiger partial charge in [-0.3, -0.25) is 4.21 Å². The first kappa shape index (κ1) is 16.2. The predicted octanol–water partition coefficient (Wildman–Crippen LogP) is 2.89. The normalized spacial score (nSPS) is 14.1. The summed E-state index contributed by atoms with van der Waals surface area (Å²) in [7, 11) is 1.16. The number of hydrogen-bond acceptors (Lipinski definition) is 3. The zero-order valence-electron chi connectivity index (χ0n) is 12.1. The number of ether oxygens (including phenoxy) is 1. The molecular weight excluding hydrogens is 258 g/mol. The molecule has 0 spiro atoms. The van der Waals surface area contributed by atoms with E-state index in [4.69, 9.17) is 4.74 Å². The molecule has 0 bridgehead atoms. The summed E-state index contributed by atoms with van der Waals surface area (Å²) in [6, 6.07) is 8.22. The lowest BCUT2D eigenvalue weighted by atomic mass is 10.1. The minimum atomic E-state index is -0.754. The van der Waals surface area contributed by atoms with Crippen molar-refractivity contribution in [3.8, 4) is 5.75 Å². The summed E-state index contributed by atoms with van der Waals surface area (Å²) in [4.78, 5) is 0. The van der Waals surface area contributed by atoms with Gasteiger partial charge in [-0.2, -0.15) is 0 Å². The lowest BCUT2D eigenvalue weighted by Gasteiger charge is -2.16. The highest BCUT2D eigenvalue weighted by Gasteiger charge is 2.12. The fourth-order valence-corrected chi connectivity index (χ4v) is 3.21. The lowest BCUT2D eigenvalue weighted by Crippen LogP contribution is -2.23. The van der Waals surface area contributed by atoms with Crippen molar-refractivity contribution in [3.63, 3.8) is 0 Å². The van der Waals surface area contributed by atoms with E-state index in [1.54, 1.807) is 0 Å². The average Bonchev–Trinajstić information content (AvgIpc) is 2.43. The van der Waals surface area contributed by atoms with Crippen molar-refractivity contribution in [2.24, 2.45) is 0 Å². The van der Waals surface area contributed by atoms with Crippen molar-refractivity contribution in [1.82, 2.24) is 5.32 Å². The third-order valence-electron chi connectivity index (χ3n) is 2.89. The van der Waals surface area contributed by atoms with Gasteiger partial charge in [0.15, 0.2) is 0 Å². The molecule has 0 amide bonds. The minimum Gasteiger partial charge on any atom is -0.494 e. The van der Waals surface area contributed by atoms with E-state index in [0.717, 1.165) is 36.5 Å². The second-order valence-electron chi connectivity index (χ2n) is 4.57. The van der Waals surface area contributed by atoms with Gasteiger partial charge in [0.05, 0.1) is 6.61 Å². The van der Waals surface area contributed by atoms with Gasteiger partial charge in [-0.25, -0.2) is 0 Å². The Morgan fingerprint density at radius 3 is 2.42 bits per heavy atom. The molecule has 0 heterocycles. The maximum Gasteiger partial charge on any atom is 0.119 e. The highest BCUT2D eigenvalue weighted by molar-refractivity contribution is 7.85. The molecule has 1 aromatic carbocycles. The van der Waals surface area contributed by atoms with Crippen molar-refractivity contribution < 1.29 is 8.95 Å². The van der Waals surface area contributed by atoms with Crippen LogP contribution in [0.3, 0.4) is 0 Å². The zero-order chi connectivity index (χ0) is 14.1. The maximum atomic E-state index is 11.8. The Morgan fingerprint density at radius 1 is 1.21 bits per heavy atom. The van der Waals surface area contributed by atoms with E-state index in [1.165, 1.54) is 0 Å². The third kappa shape index (κ3) is 5.74. The fourth-order valence-electron chi connectivity index (χ4n) is 1.86. The smallest absolute Gasteiger partial charge is 0.119 e. The van der Waals surface area contributed by atoms with E-state index >= 15 is 0 Å². The van der Waals surface area contributed by atoms with E-state index < -0.39 is 10.8 Å². The molecule has 0 radical (unpaired) electrons. The highest BCUT2D eigenvalue weighted by Crippen LogP contribution is 2.19. The van der Waals surface area contributed by atoms with Crippen molar-refractivity contribution in [3.05, 3.63) is 29.8 Å². The molecule has 108 valence electrons. The second kappa shape index (κ2) is 9.10. The van der Waals surface area contributed by atoms with Crippen molar-refractivity contribution in [1.29, 1.82) is 0 Å². The van der Waals surface area contributed by atoms with Crippen LogP contribution in [0.4, 0.5) is 0 Å². The molecule has 4 heteroatoms. The summed E-state index contributed by atoms with van der Waals surface area (Å²) in [6.45, 7) is 4.90. The number of nitrogens with one attached hydrogen (secondary N) is 1. The fraction of sp³-hybridized carbons (Fsp3) is 0.600. The summed E-state index contributed by atoms with van der Waals surface area (Å²) < 4.78 is 17.4. The lowest BCUT2D eigenvalue weighted by molar-refractivity contribution is 0.317. The topological polar surface area (TPSA) is 38.3 Å². The molecule has 0 aliphatic heterocycles. The molecule has 0 aromatic heterocycles. The summed E-state index contributed by atoms with van der Waals surface area (Å²) in [5.41, 5.74) is 1.16. The van der Waals surface area contributed by atoms with E-state index in [9.17, 15) is 4.21 Å². The Balaban J connectivity index is 2.62. The molecule has 2 atom stereocenters. The first-order valence-corrected chi connectivity index (χ1v) is 8.45. The van der Waals surface area contributed by atoms with Gasteiger partial charge in [0.1, 0.15) is 5.75 Å². The van der Waals surface area contributed by atoms with Gasteiger partial charge < -0.3 is 10.1 Å². The van der Waals surface area contributed by atoms with Crippen molar-refractivity contribution in [2.75, 3.05) is 25.2 Å². The van der Waals surface area contributed by atoms with Gasteiger partial charge in [-0.1, -0.05) is 26.0 Å². The monoisotopic (exact) mass is 283 g/mol. The largest absolute Gasteiger partial charge is 0.494 e. The molecule has 2 unspecified atom stereocenters. The van der Waals surface area contributed by atoms with Crippen molar-refractivity contribution >= 4 is 10.8 Å². The van der Waals surface area contributed by atoms with Crippen LogP contribution in [0.1, 0.15) is 38.3 Å². The number of benzene rings is 1.